The zero-order valence-electron chi connectivity index (χ0n) is 7.59. The Bertz CT molecular complexity index is 279. The van der Waals surface area contributed by atoms with E-state index in [2.05, 4.69) is 50.7 Å². The summed E-state index contributed by atoms with van der Waals surface area (Å²) in [6, 6.07) is 0.0340. The molecule has 72 valence electrons. The quantitative estimate of drug-likeness (QED) is 0.911. The molecule has 4 heteroatoms. The second-order valence-corrected chi connectivity index (χ2v) is 5.00. The molecule has 0 fully saturated rings. The molecular weight excluding hydrogens is 296 g/mol. The molecular formula is C9H12Br2N2. The Morgan fingerprint density at radius 3 is 2.08 bits per heavy atom. The summed E-state index contributed by atoms with van der Waals surface area (Å²) in [6.45, 7) is 4.20. The van der Waals surface area contributed by atoms with Gasteiger partial charge in [-0.3, -0.25) is 4.98 Å². The lowest BCUT2D eigenvalue weighted by atomic mass is 9.98. The fourth-order valence-electron chi connectivity index (χ4n) is 1.07. The maximum Gasteiger partial charge on any atom is 0.0417 e. The molecule has 0 saturated heterocycles. The van der Waals surface area contributed by atoms with Gasteiger partial charge in [0.05, 0.1) is 0 Å². The molecule has 2 N–H and O–H groups in total. The third-order valence-electron chi connectivity index (χ3n) is 1.94. The molecule has 2 nitrogen and oxygen atoms in total. The molecule has 1 heterocycles. The van der Waals surface area contributed by atoms with E-state index in [0.29, 0.717) is 5.92 Å². The lowest BCUT2D eigenvalue weighted by Crippen LogP contribution is -2.17. The van der Waals surface area contributed by atoms with Crippen LogP contribution in [0.5, 0.6) is 0 Å². The summed E-state index contributed by atoms with van der Waals surface area (Å²) in [5.74, 6) is 0.412. The van der Waals surface area contributed by atoms with Gasteiger partial charge < -0.3 is 5.73 Å². The van der Waals surface area contributed by atoms with E-state index in [1.165, 1.54) is 0 Å². The fraction of sp³-hybridized carbons (Fsp3) is 0.444. The summed E-state index contributed by atoms with van der Waals surface area (Å²) < 4.78 is 1.92. The third kappa shape index (κ3) is 2.51. The number of hydrogen-bond acceptors (Lipinski definition) is 2. The van der Waals surface area contributed by atoms with Crippen LogP contribution in [0.25, 0.3) is 0 Å². The van der Waals surface area contributed by atoms with Crippen LogP contribution in [0.3, 0.4) is 0 Å². The Hall–Kier alpha value is 0.0700. The summed E-state index contributed by atoms with van der Waals surface area (Å²) in [4.78, 5) is 4.04. The van der Waals surface area contributed by atoms with Crippen LogP contribution in [0, 0.1) is 5.92 Å². The van der Waals surface area contributed by atoms with Crippen molar-refractivity contribution in [2.75, 3.05) is 0 Å². The highest BCUT2D eigenvalue weighted by Crippen LogP contribution is 2.31. The predicted octanol–water partition coefficient (Wildman–Crippen LogP) is 3.26. The summed E-state index contributed by atoms with van der Waals surface area (Å²) in [6.07, 6.45) is 3.53. The van der Waals surface area contributed by atoms with Crippen LogP contribution in [-0.4, -0.2) is 4.98 Å². The van der Waals surface area contributed by atoms with Crippen molar-refractivity contribution in [2.24, 2.45) is 11.7 Å². The number of nitrogens with two attached hydrogens (primary N) is 1. The minimum atomic E-state index is 0.0340. The molecule has 0 bridgehead atoms. The molecule has 0 aliphatic heterocycles. The third-order valence-corrected chi connectivity index (χ3v) is 3.21. The predicted molar refractivity (Wildman–Crippen MR) is 61.4 cm³/mol. The largest absolute Gasteiger partial charge is 0.324 e. The lowest BCUT2D eigenvalue weighted by molar-refractivity contribution is 0.510. The number of nitrogens with zero attached hydrogens (tertiary/aromatic N) is 1. The Balaban J connectivity index is 3.12. The van der Waals surface area contributed by atoms with Crippen LogP contribution in [0.4, 0.5) is 0 Å². The molecule has 0 unspecified atom stereocenters. The van der Waals surface area contributed by atoms with Crippen molar-refractivity contribution in [1.82, 2.24) is 4.98 Å². The SMILES string of the molecule is CC(C)[C@H](N)c1c(Br)cncc1Br. The smallest absolute Gasteiger partial charge is 0.0417 e. The van der Waals surface area contributed by atoms with Crippen molar-refractivity contribution in [2.45, 2.75) is 19.9 Å². The molecule has 0 aliphatic carbocycles. The van der Waals surface area contributed by atoms with Gasteiger partial charge in [0.1, 0.15) is 0 Å². The van der Waals surface area contributed by atoms with Crippen molar-refractivity contribution in [3.05, 3.63) is 26.9 Å². The lowest BCUT2D eigenvalue weighted by Gasteiger charge is -2.18. The zero-order valence-corrected chi connectivity index (χ0v) is 10.8. The summed E-state index contributed by atoms with van der Waals surface area (Å²) >= 11 is 6.89. The number of halogens is 2. The van der Waals surface area contributed by atoms with Crippen LogP contribution in [0.15, 0.2) is 21.3 Å². The van der Waals surface area contributed by atoms with E-state index >= 15 is 0 Å². The van der Waals surface area contributed by atoms with Gasteiger partial charge in [-0.05, 0) is 37.8 Å². The Labute approximate surface area is 95.2 Å². The average molecular weight is 308 g/mol. The Morgan fingerprint density at radius 1 is 1.23 bits per heavy atom. The first kappa shape index (κ1) is 11.1. The topological polar surface area (TPSA) is 38.9 Å². The molecule has 1 atom stereocenters. The van der Waals surface area contributed by atoms with Crippen molar-refractivity contribution in [1.29, 1.82) is 0 Å². The molecule has 1 aromatic rings. The summed E-state index contributed by atoms with van der Waals surface area (Å²) in [7, 11) is 0. The van der Waals surface area contributed by atoms with Crippen LogP contribution >= 0.6 is 31.9 Å². The van der Waals surface area contributed by atoms with E-state index in [-0.39, 0.29) is 6.04 Å². The standard InChI is InChI=1S/C9H12Br2N2/c1-5(2)9(12)8-6(10)3-13-4-7(8)11/h3-5,9H,12H2,1-2H3/t9-/m0/s1. The first-order valence-electron chi connectivity index (χ1n) is 4.08. The number of pyridine rings is 1. The van der Waals surface area contributed by atoms with Gasteiger partial charge >= 0.3 is 0 Å². The van der Waals surface area contributed by atoms with E-state index in [4.69, 9.17) is 5.73 Å². The summed E-state index contributed by atoms with van der Waals surface area (Å²) in [5.41, 5.74) is 7.14. The van der Waals surface area contributed by atoms with Gasteiger partial charge in [-0.1, -0.05) is 13.8 Å². The van der Waals surface area contributed by atoms with E-state index in [1.54, 1.807) is 12.4 Å². The van der Waals surface area contributed by atoms with Gasteiger partial charge in [-0.2, -0.15) is 0 Å². The van der Waals surface area contributed by atoms with Crippen LogP contribution in [-0.2, 0) is 0 Å². The molecule has 13 heavy (non-hydrogen) atoms. The molecule has 0 radical (unpaired) electrons. The van der Waals surface area contributed by atoms with Gasteiger partial charge in [-0.15, -0.1) is 0 Å². The molecule has 0 saturated carbocycles. The first-order chi connectivity index (χ1) is 6.04. The molecule has 0 spiro atoms. The highest BCUT2D eigenvalue weighted by molar-refractivity contribution is 9.11. The Kier molecular flexibility index (Phi) is 3.88. The molecule has 0 aliphatic rings. The van der Waals surface area contributed by atoms with Crippen molar-refractivity contribution < 1.29 is 0 Å². The maximum atomic E-state index is 6.05. The first-order valence-corrected chi connectivity index (χ1v) is 5.67. The van der Waals surface area contributed by atoms with Gasteiger partial charge in [-0.25, -0.2) is 0 Å². The van der Waals surface area contributed by atoms with E-state index < -0.39 is 0 Å². The highest BCUT2D eigenvalue weighted by Gasteiger charge is 2.16. The van der Waals surface area contributed by atoms with Gasteiger partial charge in [0.15, 0.2) is 0 Å². The maximum absolute atomic E-state index is 6.05. The molecule has 0 aromatic carbocycles. The summed E-state index contributed by atoms with van der Waals surface area (Å²) in [5, 5.41) is 0. The monoisotopic (exact) mass is 306 g/mol. The number of hydrogen-bond donors (Lipinski definition) is 1. The van der Waals surface area contributed by atoms with Gasteiger partial charge in [0.25, 0.3) is 0 Å². The van der Waals surface area contributed by atoms with Gasteiger partial charge in [0, 0.05) is 32.9 Å². The van der Waals surface area contributed by atoms with Crippen LogP contribution < -0.4 is 5.73 Å². The fourth-order valence-corrected chi connectivity index (χ4v) is 2.53. The van der Waals surface area contributed by atoms with Crippen molar-refractivity contribution in [3.63, 3.8) is 0 Å². The minimum absolute atomic E-state index is 0.0340. The van der Waals surface area contributed by atoms with E-state index in [1.807, 2.05) is 0 Å². The number of rotatable bonds is 2. The molecule has 0 amide bonds. The normalized spacial score (nSPS) is 13.4. The minimum Gasteiger partial charge on any atom is -0.324 e. The zero-order chi connectivity index (χ0) is 10.0. The second-order valence-electron chi connectivity index (χ2n) is 3.29. The molecule has 1 rings (SSSR count). The van der Waals surface area contributed by atoms with Crippen molar-refractivity contribution in [3.8, 4) is 0 Å². The average Bonchev–Trinajstić information content (AvgIpc) is 2.03. The Morgan fingerprint density at radius 2 is 1.69 bits per heavy atom. The van der Waals surface area contributed by atoms with Crippen LogP contribution in [0.2, 0.25) is 0 Å². The van der Waals surface area contributed by atoms with Crippen LogP contribution in [0.1, 0.15) is 25.5 Å². The van der Waals surface area contributed by atoms with E-state index in [9.17, 15) is 0 Å². The van der Waals surface area contributed by atoms with Crippen molar-refractivity contribution >= 4 is 31.9 Å². The van der Waals surface area contributed by atoms with Gasteiger partial charge in [0.2, 0.25) is 0 Å². The van der Waals surface area contributed by atoms with E-state index in [0.717, 1.165) is 14.5 Å². The molecule has 1 aromatic heterocycles. The number of aromatic nitrogens is 1. The highest BCUT2D eigenvalue weighted by atomic mass is 79.9. The second kappa shape index (κ2) is 4.53.